The standard InChI is InChI=1S/C18H20N2O5S/c1-4-20-26(22)11-8-9-13(12(19)10-11)23-14-6-5-7-15-16(14)17(21)25-18(2,3)24-15/h5-10,20H,4,19H2,1-3H3. The fraction of sp³-hybridized carbons (Fsp3) is 0.278. The number of benzene rings is 2. The molecular weight excluding hydrogens is 356 g/mol. The molecule has 26 heavy (non-hydrogen) atoms. The molecule has 1 aliphatic heterocycles. The molecule has 138 valence electrons. The van der Waals surface area contributed by atoms with Gasteiger partial charge in [0, 0.05) is 20.4 Å². The van der Waals surface area contributed by atoms with Gasteiger partial charge in [0.25, 0.3) is 0 Å². The molecule has 1 aliphatic rings. The normalized spacial score (nSPS) is 16.2. The monoisotopic (exact) mass is 376 g/mol. The van der Waals surface area contributed by atoms with E-state index in [1.807, 2.05) is 6.92 Å². The number of carbonyl (C=O) groups is 1. The largest absolute Gasteiger partial charge is 0.454 e. The number of hydrogen-bond donors (Lipinski definition) is 2. The van der Waals surface area contributed by atoms with Crippen molar-refractivity contribution in [3.63, 3.8) is 0 Å². The fourth-order valence-corrected chi connectivity index (χ4v) is 3.36. The van der Waals surface area contributed by atoms with Crippen LogP contribution in [-0.4, -0.2) is 22.5 Å². The Morgan fingerprint density at radius 3 is 2.65 bits per heavy atom. The lowest BCUT2D eigenvalue weighted by atomic mass is 10.1. The molecule has 1 unspecified atom stereocenters. The molecule has 2 aromatic carbocycles. The fourth-order valence-electron chi connectivity index (χ4n) is 2.51. The van der Waals surface area contributed by atoms with Gasteiger partial charge in [0.15, 0.2) is 0 Å². The lowest BCUT2D eigenvalue weighted by Crippen LogP contribution is -2.38. The van der Waals surface area contributed by atoms with Crippen LogP contribution in [0.4, 0.5) is 5.69 Å². The Kier molecular flexibility index (Phi) is 4.88. The number of cyclic esters (lactones) is 1. The maximum absolute atomic E-state index is 12.4. The second kappa shape index (κ2) is 6.97. The van der Waals surface area contributed by atoms with Gasteiger partial charge >= 0.3 is 5.97 Å². The highest BCUT2D eigenvalue weighted by Crippen LogP contribution is 2.39. The first-order valence-corrected chi connectivity index (χ1v) is 9.24. The zero-order valence-corrected chi connectivity index (χ0v) is 15.5. The number of nitrogens with two attached hydrogens (primary N) is 1. The van der Waals surface area contributed by atoms with Crippen molar-refractivity contribution in [1.29, 1.82) is 0 Å². The smallest absolute Gasteiger partial charge is 0.349 e. The van der Waals surface area contributed by atoms with Gasteiger partial charge in [0.1, 0.15) is 33.8 Å². The number of nitrogens with one attached hydrogen (secondary N) is 1. The Morgan fingerprint density at radius 1 is 1.19 bits per heavy atom. The van der Waals surface area contributed by atoms with Crippen molar-refractivity contribution in [2.24, 2.45) is 0 Å². The van der Waals surface area contributed by atoms with Gasteiger partial charge < -0.3 is 19.9 Å². The quantitative estimate of drug-likeness (QED) is 0.615. The van der Waals surface area contributed by atoms with E-state index in [1.54, 1.807) is 50.2 Å². The number of nitrogen functional groups attached to an aromatic ring is 1. The predicted octanol–water partition coefficient (Wildman–Crippen LogP) is 2.98. The number of esters is 1. The Labute approximate surface area is 154 Å². The second-order valence-electron chi connectivity index (χ2n) is 6.09. The lowest BCUT2D eigenvalue weighted by molar-refractivity contribution is -0.127. The van der Waals surface area contributed by atoms with Crippen LogP contribution >= 0.6 is 0 Å². The minimum absolute atomic E-state index is 0.200. The molecule has 3 rings (SSSR count). The molecular formula is C18H20N2O5S. The Bertz CT molecular complexity index is 882. The summed E-state index contributed by atoms with van der Waals surface area (Å²) in [6.45, 7) is 5.74. The first-order valence-electron chi connectivity index (χ1n) is 8.09. The van der Waals surface area contributed by atoms with E-state index in [9.17, 15) is 9.00 Å². The third-order valence-corrected chi connectivity index (χ3v) is 4.81. The van der Waals surface area contributed by atoms with Crippen LogP contribution in [0.15, 0.2) is 41.3 Å². The summed E-state index contributed by atoms with van der Waals surface area (Å²) in [6, 6.07) is 9.85. The summed E-state index contributed by atoms with van der Waals surface area (Å²) in [4.78, 5) is 12.9. The topological polar surface area (TPSA) is 99.9 Å². The molecule has 0 radical (unpaired) electrons. The highest BCUT2D eigenvalue weighted by atomic mass is 32.2. The maximum Gasteiger partial charge on any atom is 0.349 e. The number of hydrogen-bond acceptors (Lipinski definition) is 6. The van der Waals surface area contributed by atoms with E-state index in [0.717, 1.165) is 0 Å². The van der Waals surface area contributed by atoms with Crippen LogP contribution in [0.25, 0.3) is 0 Å². The summed E-state index contributed by atoms with van der Waals surface area (Å²) in [5, 5.41) is 0. The Balaban J connectivity index is 1.91. The van der Waals surface area contributed by atoms with E-state index in [-0.39, 0.29) is 11.3 Å². The first-order chi connectivity index (χ1) is 12.3. The molecule has 0 aliphatic carbocycles. The zero-order chi connectivity index (χ0) is 18.9. The number of anilines is 1. The molecule has 0 amide bonds. The Hall–Kier alpha value is -2.58. The minimum Gasteiger partial charge on any atom is -0.454 e. The highest BCUT2D eigenvalue weighted by molar-refractivity contribution is 7.83. The molecule has 8 heteroatoms. The van der Waals surface area contributed by atoms with Crippen LogP contribution in [0.1, 0.15) is 31.1 Å². The van der Waals surface area contributed by atoms with E-state index in [4.69, 9.17) is 19.9 Å². The van der Waals surface area contributed by atoms with Crippen LogP contribution in [0.2, 0.25) is 0 Å². The van der Waals surface area contributed by atoms with E-state index >= 15 is 0 Å². The number of carbonyl (C=O) groups excluding carboxylic acids is 1. The number of fused-ring (bicyclic) bond motifs is 1. The second-order valence-corrected chi connectivity index (χ2v) is 7.39. The average molecular weight is 376 g/mol. The van der Waals surface area contributed by atoms with Crippen molar-refractivity contribution in [3.05, 3.63) is 42.0 Å². The molecule has 0 bridgehead atoms. The minimum atomic E-state index is -1.34. The van der Waals surface area contributed by atoms with Gasteiger partial charge in [0.2, 0.25) is 5.79 Å². The van der Waals surface area contributed by atoms with Crippen molar-refractivity contribution in [2.75, 3.05) is 12.3 Å². The molecule has 2 aromatic rings. The zero-order valence-electron chi connectivity index (χ0n) is 14.7. The molecule has 0 aromatic heterocycles. The molecule has 0 saturated heterocycles. The van der Waals surface area contributed by atoms with Gasteiger partial charge in [0.05, 0.1) is 10.6 Å². The SMILES string of the molecule is CCNS(=O)c1ccc(Oc2cccc3c2C(=O)OC(C)(C)O3)c(N)c1. The lowest BCUT2D eigenvalue weighted by Gasteiger charge is -2.32. The van der Waals surface area contributed by atoms with Crippen molar-refractivity contribution in [3.8, 4) is 17.2 Å². The Morgan fingerprint density at radius 2 is 1.96 bits per heavy atom. The van der Waals surface area contributed by atoms with Gasteiger partial charge in [-0.2, -0.15) is 0 Å². The van der Waals surface area contributed by atoms with Gasteiger partial charge in [-0.1, -0.05) is 13.0 Å². The highest BCUT2D eigenvalue weighted by Gasteiger charge is 2.36. The number of ether oxygens (including phenoxy) is 3. The average Bonchev–Trinajstić information content (AvgIpc) is 2.55. The summed E-state index contributed by atoms with van der Waals surface area (Å²) in [5.74, 6) is -0.578. The van der Waals surface area contributed by atoms with Crippen molar-refractivity contribution in [1.82, 2.24) is 4.72 Å². The summed E-state index contributed by atoms with van der Waals surface area (Å²) in [5.41, 5.74) is 6.53. The number of rotatable bonds is 5. The molecule has 3 N–H and O–H groups in total. The van der Waals surface area contributed by atoms with Crippen molar-refractivity contribution < 1.29 is 23.2 Å². The van der Waals surface area contributed by atoms with Gasteiger partial charge in [-0.05, 0) is 30.3 Å². The third kappa shape index (κ3) is 3.66. The van der Waals surface area contributed by atoms with Crippen LogP contribution in [0.5, 0.6) is 17.2 Å². The summed E-state index contributed by atoms with van der Waals surface area (Å²) >= 11 is 0. The van der Waals surface area contributed by atoms with Crippen molar-refractivity contribution >= 4 is 22.6 Å². The predicted molar refractivity (Wildman–Crippen MR) is 97.6 cm³/mol. The molecule has 1 atom stereocenters. The molecule has 0 saturated carbocycles. The molecule has 0 spiro atoms. The van der Waals surface area contributed by atoms with E-state index in [1.165, 1.54) is 0 Å². The van der Waals surface area contributed by atoms with E-state index in [2.05, 4.69) is 4.72 Å². The maximum atomic E-state index is 12.4. The van der Waals surface area contributed by atoms with Gasteiger partial charge in [-0.15, -0.1) is 0 Å². The van der Waals surface area contributed by atoms with Crippen LogP contribution in [0, 0.1) is 0 Å². The van der Waals surface area contributed by atoms with Gasteiger partial charge in [-0.25, -0.2) is 13.7 Å². The van der Waals surface area contributed by atoms with Gasteiger partial charge in [-0.3, -0.25) is 0 Å². The molecule has 0 fully saturated rings. The first kappa shape index (κ1) is 18.2. The van der Waals surface area contributed by atoms with Crippen molar-refractivity contribution in [2.45, 2.75) is 31.5 Å². The molecule has 1 heterocycles. The van der Waals surface area contributed by atoms with E-state index < -0.39 is 22.7 Å². The van der Waals surface area contributed by atoms with E-state index in [0.29, 0.717) is 28.6 Å². The summed E-state index contributed by atoms with van der Waals surface area (Å²) in [7, 11) is -1.34. The third-order valence-electron chi connectivity index (χ3n) is 3.58. The van der Waals surface area contributed by atoms with Crippen LogP contribution in [0.3, 0.4) is 0 Å². The van der Waals surface area contributed by atoms with Crippen LogP contribution in [-0.2, 0) is 15.7 Å². The summed E-state index contributed by atoms with van der Waals surface area (Å²) < 4.78 is 31.6. The van der Waals surface area contributed by atoms with Crippen LogP contribution < -0.4 is 19.9 Å². The molecule has 7 nitrogen and oxygen atoms in total. The summed E-state index contributed by atoms with van der Waals surface area (Å²) in [6.07, 6.45) is 0.